The van der Waals surface area contributed by atoms with Crippen molar-refractivity contribution in [2.45, 2.75) is 52.8 Å². The molecule has 0 fully saturated rings. The Labute approximate surface area is 194 Å². The van der Waals surface area contributed by atoms with E-state index in [0.717, 1.165) is 46.5 Å². The summed E-state index contributed by atoms with van der Waals surface area (Å²) in [5, 5.41) is 3.64. The third kappa shape index (κ3) is 7.41. The van der Waals surface area contributed by atoms with Crippen molar-refractivity contribution in [2.24, 2.45) is 0 Å². The van der Waals surface area contributed by atoms with Crippen LogP contribution in [0.2, 0.25) is 0 Å². The van der Waals surface area contributed by atoms with E-state index in [9.17, 15) is 0 Å². The lowest BCUT2D eigenvalue weighted by atomic mass is 10.1. The van der Waals surface area contributed by atoms with Crippen LogP contribution in [-0.2, 0) is 19.6 Å². The van der Waals surface area contributed by atoms with Crippen LogP contribution >= 0.6 is 15.9 Å². The highest BCUT2D eigenvalue weighted by Crippen LogP contribution is 2.34. The minimum atomic E-state index is 0.417. The van der Waals surface area contributed by atoms with Gasteiger partial charge in [-0.05, 0) is 62.4 Å². The Hall–Kier alpha value is -2.30. The van der Waals surface area contributed by atoms with Crippen LogP contribution in [0.25, 0.3) is 0 Å². The van der Waals surface area contributed by atoms with E-state index >= 15 is 0 Å². The number of benzene rings is 3. The lowest BCUT2D eigenvalue weighted by molar-refractivity contribution is 0.268. The minimum Gasteiger partial charge on any atom is -0.490 e. The molecule has 0 saturated heterocycles. The summed E-state index contributed by atoms with van der Waals surface area (Å²) < 4.78 is 13.0. The van der Waals surface area contributed by atoms with Crippen LogP contribution in [0.4, 0.5) is 0 Å². The Morgan fingerprint density at radius 3 is 2.32 bits per heavy atom. The maximum absolute atomic E-state index is 6.09. The molecule has 0 radical (unpaired) electrons. The average Bonchev–Trinajstić information content (AvgIpc) is 2.78. The van der Waals surface area contributed by atoms with Crippen molar-refractivity contribution < 1.29 is 9.47 Å². The predicted octanol–water partition coefficient (Wildman–Crippen LogP) is 6.85. The van der Waals surface area contributed by atoms with Crippen molar-refractivity contribution in [2.75, 3.05) is 6.61 Å². The fourth-order valence-electron chi connectivity index (χ4n) is 3.35. The molecule has 0 aliphatic heterocycles. The first-order valence-electron chi connectivity index (χ1n) is 11.0. The number of aryl methyl sites for hydroxylation is 2. The van der Waals surface area contributed by atoms with Crippen molar-refractivity contribution in [3.05, 3.63) is 93.5 Å². The molecule has 164 valence electrons. The first kappa shape index (κ1) is 23.4. The highest BCUT2D eigenvalue weighted by atomic mass is 79.9. The van der Waals surface area contributed by atoms with Gasteiger partial charge in [0.2, 0.25) is 0 Å². The van der Waals surface area contributed by atoms with Crippen molar-refractivity contribution >= 4 is 15.9 Å². The van der Waals surface area contributed by atoms with Crippen molar-refractivity contribution in [3.8, 4) is 11.5 Å². The molecule has 0 heterocycles. The predicted molar refractivity (Wildman–Crippen MR) is 132 cm³/mol. The molecule has 0 aliphatic rings. The molecule has 0 bridgehead atoms. The normalized spacial score (nSPS) is 11.9. The van der Waals surface area contributed by atoms with Crippen LogP contribution in [0.5, 0.6) is 11.5 Å². The Morgan fingerprint density at radius 1 is 0.903 bits per heavy atom. The first-order chi connectivity index (χ1) is 15.0. The quantitative estimate of drug-likeness (QED) is 0.324. The van der Waals surface area contributed by atoms with Gasteiger partial charge < -0.3 is 14.8 Å². The minimum absolute atomic E-state index is 0.417. The summed E-state index contributed by atoms with van der Waals surface area (Å²) in [6, 6.07) is 23.6. The molecule has 0 spiro atoms. The highest BCUT2D eigenvalue weighted by molar-refractivity contribution is 9.10. The molecule has 0 amide bonds. The largest absolute Gasteiger partial charge is 0.490 e. The average molecular weight is 482 g/mol. The van der Waals surface area contributed by atoms with Gasteiger partial charge in [0.25, 0.3) is 0 Å². The van der Waals surface area contributed by atoms with Gasteiger partial charge in [-0.15, -0.1) is 0 Å². The zero-order valence-corrected chi connectivity index (χ0v) is 20.2. The van der Waals surface area contributed by atoms with Gasteiger partial charge in [-0.2, -0.15) is 0 Å². The van der Waals surface area contributed by atoms with Crippen LogP contribution in [0.15, 0.2) is 71.2 Å². The van der Waals surface area contributed by atoms with Gasteiger partial charge in [0.1, 0.15) is 6.61 Å². The van der Waals surface area contributed by atoms with E-state index in [2.05, 4.69) is 95.8 Å². The second-order valence-electron chi connectivity index (χ2n) is 7.90. The lowest BCUT2D eigenvalue weighted by Crippen LogP contribution is -2.26. The van der Waals surface area contributed by atoms with Gasteiger partial charge in [-0.1, -0.05) is 76.1 Å². The van der Waals surface area contributed by atoms with Crippen molar-refractivity contribution in [1.82, 2.24) is 5.32 Å². The van der Waals surface area contributed by atoms with E-state index in [1.807, 2.05) is 13.0 Å². The molecule has 1 atom stereocenters. The van der Waals surface area contributed by atoms with Crippen LogP contribution < -0.4 is 14.8 Å². The van der Waals surface area contributed by atoms with Gasteiger partial charge >= 0.3 is 0 Å². The summed E-state index contributed by atoms with van der Waals surface area (Å²) in [6.07, 6.45) is 2.17. The summed E-state index contributed by atoms with van der Waals surface area (Å²) in [6.45, 7) is 8.21. The van der Waals surface area contributed by atoms with E-state index < -0.39 is 0 Å². The van der Waals surface area contributed by atoms with Crippen LogP contribution in [-0.4, -0.2) is 12.6 Å². The molecule has 0 saturated carbocycles. The monoisotopic (exact) mass is 481 g/mol. The fraction of sp³-hybridized carbons (Fsp3) is 0.333. The van der Waals surface area contributed by atoms with E-state index in [0.29, 0.717) is 19.3 Å². The first-order valence-corrected chi connectivity index (χ1v) is 11.7. The van der Waals surface area contributed by atoms with Gasteiger partial charge in [0.15, 0.2) is 11.5 Å². The topological polar surface area (TPSA) is 30.5 Å². The number of halogens is 1. The maximum Gasteiger partial charge on any atom is 0.162 e. The third-order valence-electron chi connectivity index (χ3n) is 5.28. The number of hydrogen-bond acceptors (Lipinski definition) is 3. The molecule has 3 rings (SSSR count). The van der Waals surface area contributed by atoms with Crippen molar-refractivity contribution in [1.29, 1.82) is 0 Å². The van der Waals surface area contributed by atoms with Crippen LogP contribution in [0, 0.1) is 6.92 Å². The Bertz CT molecular complexity index is 941. The summed E-state index contributed by atoms with van der Waals surface area (Å²) in [7, 11) is 0. The van der Waals surface area contributed by atoms with Crippen LogP contribution in [0.1, 0.15) is 42.5 Å². The molecular weight excluding hydrogens is 450 g/mol. The van der Waals surface area contributed by atoms with E-state index in [4.69, 9.17) is 9.47 Å². The van der Waals surface area contributed by atoms with Crippen LogP contribution in [0.3, 0.4) is 0 Å². The van der Waals surface area contributed by atoms with Gasteiger partial charge in [0, 0.05) is 17.1 Å². The Morgan fingerprint density at radius 2 is 1.61 bits per heavy atom. The maximum atomic E-state index is 6.09. The zero-order valence-electron chi connectivity index (χ0n) is 18.7. The zero-order chi connectivity index (χ0) is 22.1. The van der Waals surface area contributed by atoms with Crippen molar-refractivity contribution in [3.63, 3.8) is 0 Å². The number of hydrogen-bond donors (Lipinski definition) is 1. The number of rotatable bonds is 11. The SMILES string of the molecule is CCOc1cc(CNC(C)CCc2ccccc2)c(Br)cc1OCc1ccc(C)cc1. The highest BCUT2D eigenvalue weighted by Gasteiger charge is 2.12. The van der Waals surface area contributed by atoms with E-state index in [-0.39, 0.29) is 0 Å². The molecule has 1 N–H and O–H groups in total. The third-order valence-corrected chi connectivity index (χ3v) is 6.02. The van der Waals surface area contributed by atoms with Gasteiger partial charge in [-0.25, -0.2) is 0 Å². The van der Waals surface area contributed by atoms with E-state index in [1.54, 1.807) is 0 Å². The van der Waals surface area contributed by atoms with Gasteiger partial charge in [-0.3, -0.25) is 0 Å². The molecule has 3 aromatic carbocycles. The summed E-state index contributed by atoms with van der Waals surface area (Å²) >= 11 is 3.72. The second kappa shape index (κ2) is 11.9. The summed E-state index contributed by atoms with van der Waals surface area (Å²) in [5.74, 6) is 1.54. The second-order valence-corrected chi connectivity index (χ2v) is 8.76. The Kier molecular flexibility index (Phi) is 8.98. The number of nitrogens with one attached hydrogen (secondary N) is 1. The molecule has 0 aromatic heterocycles. The molecule has 4 heteroatoms. The van der Waals surface area contributed by atoms with Gasteiger partial charge in [0.05, 0.1) is 6.61 Å². The molecule has 31 heavy (non-hydrogen) atoms. The standard InChI is InChI=1S/C27H32BrNO2/c1-4-30-26-16-24(18-29-21(3)12-15-22-8-6-5-7-9-22)25(28)17-27(26)31-19-23-13-10-20(2)11-14-23/h5-11,13-14,16-17,21,29H,4,12,15,18-19H2,1-3H3. The smallest absolute Gasteiger partial charge is 0.162 e. The fourth-order valence-corrected chi connectivity index (χ4v) is 3.82. The molecular formula is C27H32BrNO2. The Balaban J connectivity index is 1.60. The summed E-state index contributed by atoms with van der Waals surface area (Å²) in [5.41, 5.74) is 4.93. The molecule has 3 aromatic rings. The summed E-state index contributed by atoms with van der Waals surface area (Å²) in [4.78, 5) is 0. The van der Waals surface area contributed by atoms with E-state index in [1.165, 1.54) is 11.1 Å². The lowest BCUT2D eigenvalue weighted by Gasteiger charge is -2.18. The number of ether oxygens (including phenoxy) is 2. The molecule has 1 unspecified atom stereocenters. The molecule has 3 nitrogen and oxygen atoms in total. The molecule has 0 aliphatic carbocycles.